The van der Waals surface area contributed by atoms with Gasteiger partial charge in [-0.3, -0.25) is 0 Å². The minimum atomic E-state index is 0.310. The van der Waals surface area contributed by atoms with Crippen molar-refractivity contribution in [1.82, 2.24) is 0 Å². The van der Waals surface area contributed by atoms with Crippen LogP contribution in [0.25, 0.3) is 0 Å². The summed E-state index contributed by atoms with van der Waals surface area (Å²) in [7, 11) is 10.9. The molecule has 4 heteroatoms. The largest absolute Gasteiger partial charge is 0.0725 e. The van der Waals surface area contributed by atoms with Gasteiger partial charge in [0.2, 0.25) is 0 Å². The lowest BCUT2D eigenvalue weighted by Crippen LogP contribution is -2.23. The number of hydrogen-bond acceptors (Lipinski definition) is 0. The Balaban J connectivity index is 3.42. The molecule has 0 aromatic rings. The van der Waals surface area contributed by atoms with E-state index in [2.05, 4.69) is 27.9 Å². The molecular weight excluding hydrogens is 115 g/mol. The standard InChI is InChI=1S/C6H13B4/c1-4-5-6(2,3)8-10-9-7/h4-5H2,1-3H3. The molecule has 10 heavy (non-hydrogen) atoms. The summed E-state index contributed by atoms with van der Waals surface area (Å²) < 4.78 is 0. The third kappa shape index (κ3) is 5.08. The van der Waals surface area contributed by atoms with Gasteiger partial charge in [-0.25, -0.2) is 0 Å². The minimum absolute atomic E-state index is 0.310. The summed E-state index contributed by atoms with van der Waals surface area (Å²) in [6.45, 7) is 6.63. The van der Waals surface area contributed by atoms with Gasteiger partial charge < -0.3 is 0 Å². The molecule has 0 nitrogen and oxygen atoms in total. The summed E-state index contributed by atoms with van der Waals surface area (Å²) in [5.74, 6) is 0. The summed E-state index contributed by atoms with van der Waals surface area (Å²) in [4.78, 5) is 0. The van der Waals surface area contributed by atoms with Crippen molar-refractivity contribution in [3.63, 3.8) is 0 Å². The van der Waals surface area contributed by atoms with E-state index in [1.165, 1.54) is 12.8 Å². The lowest BCUT2D eigenvalue weighted by Gasteiger charge is -2.22. The number of rotatable bonds is 5. The van der Waals surface area contributed by atoms with Gasteiger partial charge in [0.05, 0.1) is 7.17 Å². The van der Waals surface area contributed by atoms with E-state index in [0.717, 1.165) is 0 Å². The highest BCUT2D eigenvalue weighted by Crippen LogP contribution is 2.27. The zero-order chi connectivity index (χ0) is 8.04. The van der Waals surface area contributed by atoms with Crippen LogP contribution in [0.3, 0.4) is 0 Å². The van der Waals surface area contributed by atoms with Crippen molar-refractivity contribution in [2.24, 2.45) is 0 Å². The van der Waals surface area contributed by atoms with Crippen molar-refractivity contribution in [3.8, 4) is 0 Å². The second-order valence-electron chi connectivity index (χ2n) is 3.29. The van der Waals surface area contributed by atoms with Gasteiger partial charge in [0.25, 0.3) is 0 Å². The van der Waals surface area contributed by atoms with Crippen molar-refractivity contribution in [2.75, 3.05) is 0 Å². The van der Waals surface area contributed by atoms with Crippen molar-refractivity contribution in [1.29, 1.82) is 0 Å². The summed E-state index contributed by atoms with van der Waals surface area (Å²) in [6, 6.07) is 0. The molecule has 0 atom stereocenters. The van der Waals surface area contributed by atoms with Gasteiger partial charge >= 0.3 is 0 Å². The molecule has 0 amide bonds. The summed E-state index contributed by atoms with van der Waals surface area (Å²) >= 11 is 0. The van der Waals surface area contributed by atoms with Crippen LogP contribution in [-0.2, 0) is 0 Å². The van der Waals surface area contributed by atoms with Crippen LogP contribution in [0.15, 0.2) is 0 Å². The van der Waals surface area contributed by atoms with E-state index >= 15 is 0 Å². The van der Waals surface area contributed by atoms with Gasteiger partial charge in [-0.1, -0.05) is 38.9 Å². The van der Waals surface area contributed by atoms with Gasteiger partial charge in [0, 0.05) is 21.9 Å². The van der Waals surface area contributed by atoms with Crippen LogP contribution in [-0.4, -0.2) is 29.0 Å². The van der Waals surface area contributed by atoms with Gasteiger partial charge in [-0.05, 0) is 0 Å². The van der Waals surface area contributed by atoms with E-state index in [1.807, 2.05) is 7.06 Å². The fourth-order valence-corrected chi connectivity index (χ4v) is 1.04. The summed E-state index contributed by atoms with van der Waals surface area (Å²) in [5, 5.41) is 0.310. The Hall–Kier alpha value is 0.260. The molecule has 0 aliphatic carbocycles. The van der Waals surface area contributed by atoms with E-state index < -0.39 is 0 Å². The first-order chi connectivity index (χ1) is 4.62. The van der Waals surface area contributed by atoms with Crippen LogP contribution in [0.1, 0.15) is 33.6 Å². The molecule has 0 saturated heterocycles. The van der Waals surface area contributed by atoms with E-state index in [4.69, 9.17) is 7.74 Å². The molecule has 0 aliphatic rings. The zero-order valence-electron chi connectivity index (χ0n) is 7.22. The Kier molecular flexibility index (Phi) is 5.11. The van der Waals surface area contributed by atoms with Gasteiger partial charge in [0.1, 0.15) is 0 Å². The molecule has 0 N–H and O–H groups in total. The first-order valence-corrected chi connectivity index (χ1v) is 3.85. The average Bonchev–Trinajstić information content (AvgIpc) is 1.84. The second kappa shape index (κ2) is 4.98. The highest BCUT2D eigenvalue weighted by Gasteiger charge is 2.15. The average molecular weight is 128 g/mol. The topological polar surface area (TPSA) is 0 Å². The van der Waals surface area contributed by atoms with Crippen LogP contribution in [0.4, 0.5) is 0 Å². The van der Waals surface area contributed by atoms with Crippen LogP contribution in [0.5, 0.6) is 0 Å². The SMILES string of the molecule is [B][B][B][B]C(C)(C)CCC. The van der Waals surface area contributed by atoms with Gasteiger partial charge in [-0.15, -0.1) is 0 Å². The highest BCUT2D eigenvalue weighted by atomic mass is 14.1. The van der Waals surface area contributed by atoms with Gasteiger partial charge in [-0.2, -0.15) is 0 Å². The molecule has 0 rings (SSSR count). The molecular formula is C6H13B4. The molecule has 5 radical (unpaired) electrons. The molecule has 0 fully saturated rings. The maximum absolute atomic E-state index is 5.22. The summed E-state index contributed by atoms with van der Waals surface area (Å²) in [6.07, 6.45) is 2.44. The Morgan fingerprint density at radius 2 is 2.00 bits per heavy atom. The number of hydrogen-bond donors (Lipinski definition) is 0. The Morgan fingerprint density at radius 1 is 1.40 bits per heavy atom. The lowest BCUT2D eigenvalue weighted by molar-refractivity contribution is 0.598. The van der Waals surface area contributed by atoms with E-state index in [0.29, 0.717) is 5.31 Å². The van der Waals surface area contributed by atoms with Crippen molar-refractivity contribution in [2.45, 2.75) is 38.9 Å². The van der Waals surface area contributed by atoms with Crippen LogP contribution >= 0.6 is 0 Å². The normalized spacial score (nSPS) is 10.7. The smallest absolute Gasteiger partial charge is 0.0622 e. The predicted molar refractivity (Wildman–Crippen MR) is 52.0 cm³/mol. The molecule has 0 saturated carbocycles. The molecule has 0 unspecified atom stereocenters. The van der Waals surface area contributed by atoms with Crippen molar-refractivity contribution < 1.29 is 0 Å². The first kappa shape index (κ1) is 10.3. The first-order valence-electron chi connectivity index (χ1n) is 3.85. The Morgan fingerprint density at radius 3 is 2.40 bits per heavy atom. The van der Waals surface area contributed by atoms with Crippen LogP contribution in [0.2, 0.25) is 5.31 Å². The molecule has 0 aromatic carbocycles. The molecule has 49 valence electrons. The Labute approximate surface area is 68.6 Å². The molecule has 0 spiro atoms. The quantitative estimate of drug-likeness (QED) is 0.485. The van der Waals surface area contributed by atoms with Crippen molar-refractivity contribution >= 4 is 29.0 Å². The maximum Gasteiger partial charge on any atom is 0.0622 e. The molecule has 0 bridgehead atoms. The van der Waals surface area contributed by atoms with Crippen LogP contribution in [0, 0.1) is 0 Å². The fourth-order valence-electron chi connectivity index (χ4n) is 1.04. The lowest BCUT2D eigenvalue weighted by atomic mass is 9.09. The molecule has 0 aliphatic heterocycles. The third-order valence-corrected chi connectivity index (χ3v) is 1.55. The van der Waals surface area contributed by atoms with Crippen LogP contribution < -0.4 is 0 Å². The minimum Gasteiger partial charge on any atom is -0.0725 e. The zero-order valence-corrected chi connectivity index (χ0v) is 7.22. The summed E-state index contributed by atoms with van der Waals surface area (Å²) in [5.41, 5.74) is 0. The third-order valence-electron chi connectivity index (χ3n) is 1.55. The predicted octanol–water partition coefficient (Wildman–Crippen LogP) is 1.01. The van der Waals surface area contributed by atoms with Gasteiger partial charge in [0.15, 0.2) is 0 Å². The highest BCUT2D eigenvalue weighted by molar-refractivity contribution is 7.41. The fraction of sp³-hybridized carbons (Fsp3) is 1.00. The van der Waals surface area contributed by atoms with E-state index in [9.17, 15) is 0 Å². The second-order valence-corrected chi connectivity index (χ2v) is 3.29. The monoisotopic (exact) mass is 129 g/mol. The maximum atomic E-state index is 5.22. The van der Waals surface area contributed by atoms with E-state index in [-0.39, 0.29) is 0 Å². The van der Waals surface area contributed by atoms with Crippen molar-refractivity contribution in [3.05, 3.63) is 0 Å². The molecule has 0 heterocycles. The Bertz CT molecular complexity index is 81.8. The molecule has 0 aromatic heterocycles. The van der Waals surface area contributed by atoms with E-state index in [1.54, 1.807) is 7.06 Å².